The second-order valence-electron chi connectivity index (χ2n) is 7.93. The van der Waals surface area contributed by atoms with Crippen molar-refractivity contribution in [2.45, 2.75) is 44.4 Å². The Balaban J connectivity index is 0.00000300. The van der Waals surface area contributed by atoms with Crippen LogP contribution in [0.15, 0.2) is 29.3 Å². The number of amides is 1. The van der Waals surface area contributed by atoms with Crippen LogP contribution in [0.25, 0.3) is 0 Å². The Morgan fingerprint density at radius 3 is 2.38 bits per heavy atom. The molecule has 5 nitrogen and oxygen atoms in total. The van der Waals surface area contributed by atoms with Gasteiger partial charge >= 0.3 is 6.18 Å². The zero-order chi connectivity index (χ0) is 20.3. The summed E-state index contributed by atoms with van der Waals surface area (Å²) >= 11 is 0. The Morgan fingerprint density at radius 2 is 1.86 bits per heavy atom. The van der Waals surface area contributed by atoms with Crippen molar-refractivity contribution >= 4 is 35.8 Å². The average molecular weight is 524 g/mol. The number of nitrogens with zero attached hydrogens (tertiary/aromatic N) is 2. The van der Waals surface area contributed by atoms with E-state index in [0.717, 1.165) is 24.5 Å². The Morgan fingerprint density at radius 1 is 1.17 bits per heavy atom. The lowest BCUT2D eigenvalue weighted by atomic mass is 9.95. The minimum absolute atomic E-state index is 0. The van der Waals surface area contributed by atoms with Crippen LogP contribution in [0.4, 0.5) is 13.2 Å². The number of carbonyl (C=O) groups excluding carboxylic acids is 1. The largest absolute Gasteiger partial charge is 0.416 e. The van der Waals surface area contributed by atoms with E-state index in [0.29, 0.717) is 23.5 Å². The van der Waals surface area contributed by atoms with Gasteiger partial charge in [0.05, 0.1) is 18.7 Å². The molecule has 0 aromatic heterocycles. The smallest absolute Gasteiger partial charge is 0.353 e. The highest BCUT2D eigenvalue weighted by Gasteiger charge is 2.39. The molecule has 3 unspecified atom stereocenters. The quantitative estimate of drug-likeness (QED) is 0.352. The number of aliphatic imine (C=N–C) groups is 1. The second-order valence-corrected chi connectivity index (χ2v) is 7.93. The summed E-state index contributed by atoms with van der Waals surface area (Å²) in [5, 5.41) is 6.50. The van der Waals surface area contributed by atoms with Gasteiger partial charge < -0.3 is 15.5 Å². The van der Waals surface area contributed by atoms with E-state index < -0.39 is 11.7 Å². The summed E-state index contributed by atoms with van der Waals surface area (Å²) in [6.45, 7) is 0.358. The topological polar surface area (TPSA) is 56.7 Å². The Hall–Kier alpha value is -1.52. The molecule has 29 heavy (non-hydrogen) atoms. The lowest BCUT2D eigenvalue weighted by Crippen LogP contribution is -2.48. The fourth-order valence-corrected chi connectivity index (χ4v) is 4.04. The van der Waals surface area contributed by atoms with Gasteiger partial charge in [-0.1, -0.05) is 18.6 Å². The molecule has 2 fully saturated rings. The van der Waals surface area contributed by atoms with E-state index in [-0.39, 0.29) is 43.0 Å². The highest BCUT2D eigenvalue weighted by Crippen LogP contribution is 2.44. The predicted molar refractivity (Wildman–Crippen MR) is 117 cm³/mol. The average Bonchev–Trinajstić information content (AvgIpc) is 3.26. The summed E-state index contributed by atoms with van der Waals surface area (Å²) < 4.78 is 38.1. The van der Waals surface area contributed by atoms with Crippen molar-refractivity contribution in [3.63, 3.8) is 0 Å². The fourth-order valence-electron chi connectivity index (χ4n) is 4.04. The minimum Gasteiger partial charge on any atom is -0.353 e. The third-order valence-electron chi connectivity index (χ3n) is 5.67. The maximum atomic E-state index is 12.7. The highest BCUT2D eigenvalue weighted by molar-refractivity contribution is 14.0. The fraction of sp³-hybridized carbons (Fsp3) is 0.600. The second kappa shape index (κ2) is 9.99. The highest BCUT2D eigenvalue weighted by atomic mass is 127. The van der Waals surface area contributed by atoms with E-state index in [4.69, 9.17) is 0 Å². The molecule has 2 N–H and O–H groups in total. The first-order valence-electron chi connectivity index (χ1n) is 9.63. The number of halogens is 4. The van der Waals surface area contributed by atoms with Gasteiger partial charge in [-0.25, -0.2) is 4.99 Å². The monoisotopic (exact) mass is 524 g/mol. The number of fused-ring (bicyclic) bond motifs is 2. The van der Waals surface area contributed by atoms with Gasteiger partial charge in [0.15, 0.2) is 5.96 Å². The number of rotatable bonds is 5. The SMILES string of the molecule is CN(C)C(=O)CNC(=NCc1ccc(C(F)(F)F)cc1)NC1CC2CCC1C2.I. The molecule has 0 saturated heterocycles. The van der Waals surface area contributed by atoms with Crippen molar-refractivity contribution in [1.29, 1.82) is 0 Å². The van der Waals surface area contributed by atoms with Gasteiger partial charge in [0, 0.05) is 20.1 Å². The van der Waals surface area contributed by atoms with Gasteiger partial charge in [0.2, 0.25) is 5.91 Å². The lowest BCUT2D eigenvalue weighted by molar-refractivity contribution is -0.137. The third-order valence-corrected chi connectivity index (χ3v) is 5.67. The molecular weight excluding hydrogens is 496 g/mol. The van der Waals surface area contributed by atoms with Crippen LogP contribution in [0.1, 0.15) is 36.8 Å². The number of hydrogen-bond acceptors (Lipinski definition) is 2. The first-order chi connectivity index (χ1) is 13.2. The molecule has 162 valence electrons. The third kappa shape index (κ3) is 6.48. The van der Waals surface area contributed by atoms with Gasteiger partial charge in [-0.3, -0.25) is 4.79 Å². The lowest BCUT2D eigenvalue weighted by Gasteiger charge is -2.25. The molecular formula is C20H28F3IN4O. The standard InChI is InChI=1S/C20H27F3N4O.HI/c1-27(2)18(28)12-25-19(26-17-10-14-3-6-15(17)9-14)24-11-13-4-7-16(8-5-13)20(21,22)23;/h4-5,7-8,14-15,17H,3,6,9-12H2,1-2H3,(H2,24,25,26);1H. The molecule has 1 amide bonds. The number of alkyl halides is 3. The number of nitrogens with one attached hydrogen (secondary N) is 2. The summed E-state index contributed by atoms with van der Waals surface area (Å²) in [5.74, 6) is 1.86. The molecule has 0 spiro atoms. The molecule has 3 atom stereocenters. The van der Waals surface area contributed by atoms with Crippen molar-refractivity contribution in [2.24, 2.45) is 16.8 Å². The molecule has 2 aliphatic carbocycles. The van der Waals surface area contributed by atoms with E-state index >= 15 is 0 Å². The Kier molecular flexibility index (Phi) is 8.18. The molecule has 2 saturated carbocycles. The molecule has 1 aromatic rings. The van der Waals surface area contributed by atoms with E-state index in [1.54, 1.807) is 14.1 Å². The number of benzene rings is 1. The summed E-state index contributed by atoms with van der Waals surface area (Å²) in [6, 6.07) is 5.35. The zero-order valence-corrected chi connectivity index (χ0v) is 19.0. The molecule has 2 bridgehead atoms. The maximum absolute atomic E-state index is 12.7. The van der Waals surface area contributed by atoms with E-state index in [9.17, 15) is 18.0 Å². The van der Waals surface area contributed by atoms with Crippen molar-refractivity contribution in [3.8, 4) is 0 Å². The summed E-state index contributed by atoms with van der Waals surface area (Å²) in [4.78, 5) is 17.9. The van der Waals surface area contributed by atoms with Gasteiger partial charge in [-0.2, -0.15) is 13.2 Å². The van der Waals surface area contributed by atoms with Crippen molar-refractivity contribution < 1.29 is 18.0 Å². The Bertz CT molecular complexity index is 721. The van der Waals surface area contributed by atoms with Crippen molar-refractivity contribution in [2.75, 3.05) is 20.6 Å². The number of hydrogen-bond donors (Lipinski definition) is 2. The first kappa shape index (κ1) is 23.8. The molecule has 1 aromatic carbocycles. The number of guanidine groups is 1. The molecule has 9 heteroatoms. The van der Waals surface area contributed by atoms with Crippen LogP contribution in [0.2, 0.25) is 0 Å². The van der Waals surface area contributed by atoms with Gasteiger partial charge in [-0.15, -0.1) is 24.0 Å². The van der Waals surface area contributed by atoms with Crippen molar-refractivity contribution in [3.05, 3.63) is 35.4 Å². The minimum atomic E-state index is -4.34. The maximum Gasteiger partial charge on any atom is 0.416 e. The van der Waals surface area contributed by atoms with Crippen molar-refractivity contribution in [1.82, 2.24) is 15.5 Å². The predicted octanol–water partition coefficient (Wildman–Crippen LogP) is 3.64. The van der Waals surface area contributed by atoms with Crippen LogP contribution in [-0.2, 0) is 17.5 Å². The van der Waals surface area contributed by atoms with Crippen LogP contribution in [0, 0.1) is 11.8 Å². The van der Waals surface area contributed by atoms with Gasteiger partial charge in [0.25, 0.3) is 0 Å². The summed E-state index contributed by atoms with van der Waals surface area (Å²) in [6.07, 6.45) is 0.497. The normalized spacial score (nSPS) is 23.5. The first-order valence-corrected chi connectivity index (χ1v) is 9.63. The molecule has 0 radical (unpaired) electrons. The van der Waals surface area contributed by atoms with Gasteiger partial charge in [0.1, 0.15) is 0 Å². The molecule has 2 aliphatic rings. The van der Waals surface area contributed by atoms with Gasteiger partial charge in [-0.05, 0) is 48.8 Å². The molecule has 0 heterocycles. The summed E-state index contributed by atoms with van der Waals surface area (Å²) in [7, 11) is 3.37. The van der Waals surface area contributed by atoms with Crippen LogP contribution in [0.3, 0.4) is 0 Å². The number of likely N-dealkylation sites (N-methyl/N-ethyl adjacent to an activating group) is 1. The van der Waals surface area contributed by atoms with Crippen LogP contribution < -0.4 is 10.6 Å². The molecule has 0 aliphatic heterocycles. The van der Waals surface area contributed by atoms with Crippen LogP contribution in [0.5, 0.6) is 0 Å². The van der Waals surface area contributed by atoms with Crippen LogP contribution >= 0.6 is 24.0 Å². The molecule has 3 rings (SSSR count). The van der Waals surface area contributed by atoms with E-state index in [1.807, 2.05) is 0 Å². The zero-order valence-electron chi connectivity index (χ0n) is 16.6. The number of carbonyl (C=O) groups is 1. The van der Waals surface area contributed by atoms with Crippen LogP contribution in [-0.4, -0.2) is 43.4 Å². The van der Waals surface area contributed by atoms with E-state index in [1.165, 1.54) is 36.3 Å². The van der Waals surface area contributed by atoms with E-state index in [2.05, 4.69) is 15.6 Å². The summed E-state index contributed by atoms with van der Waals surface area (Å²) in [5.41, 5.74) is 0.0104. The Labute approximate surface area is 186 Å².